The van der Waals surface area contributed by atoms with Crippen molar-refractivity contribution in [3.8, 4) is 0 Å². The molecular formula is C9H15NO3. The van der Waals surface area contributed by atoms with Crippen molar-refractivity contribution in [1.82, 2.24) is 0 Å². The fourth-order valence-electron chi connectivity index (χ4n) is 1.55. The number of amides is 1. The Hall–Kier alpha value is -1.06. The van der Waals surface area contributed by atoms with Gasteiger partial charge in [0.15, 0.2) is 0 Å². The number of hydrogen-bond donors (Lipinski definition) is 1. The van der Waals surface area contributed by atoms with Crippen molar-refractivity contribution >= 4 is 11.9 Å². The highest BCUT2D eigenvalue weighted by atomic mass is 16.5. The molecule has 1 saturated carbocycles. The zero-order chi connectivity index (χ0) is 9.68. The van der Waals surface area contributed by atoms with Crippen molar-refractivity contribution in [2.24, 2.45) is 5.73 Å². The lowest BCUT2D eigenvalue weighted by atomic mass is 9.98. The van der Waals surface area contributed by atoms with Crippen molar-refractivity contribution in [2.45, 2.75) is 44.6 Å². The van der Waals surface area contributed by atoms with Crippen LogP contribution in [0.15, 0.2) is 0 Å². The minimum Gasteiger partial charge on any atom is -0.462 e. The Kier molecular flexibility index (Phi) is 3.73. The van der Waals surface area contributed by atoms with Crippen molar-refractivity contribution < 1.29 is 14.3 Å². The van der Waals surface area contributed by atoms with E-state index in [1.165, 1.54) is 6.42 Å². The normalized spacial score (nSPS) is 18.2. The van der Waals surface area contributed by atoms with E-state index in [0.29, 0.717) is 0 Å². The summed E-state index contributed by atoms with van der Waals surface area (Å²) < 4.78 is 5.06. The Balaban J connectivity index is 2.22. The average Bonchev–Trinajstić information content (AvgIpc) is 2.04. The molecule has 0 aliphatic heterocycles. The molecule has 4 heteroatoms. The minimum absolute atomic E-state index is 0.0144. The molecule has 0 aromatic carbocycles. The summed E-state index contributed by atoms with van der Waals surface area (Å²) in [6, 6.07) is 0. The number of hydrogen-bond acceptors (Lipinski definition) is 3. The molecule has 74 valence electrons. The Morgan fingerprint density at radius 1 is 1.23 bits per heavy atom. The van der Waals surface area contributed by atoms with E-state index in [2.05, 4.69) is 0 Å². The van der Waals surface area contributed by atoms with E-state index in [9.17, 15) is 9.59 Å². The third-order valence-corrected chi connectivity index (χ3v) is 2.17. The second kappa shape index (κ2) is 4.84. The first-order valence-electron chi connectivity index (χ1n) is 4.66. The van der Waals surface area contributed by atoms with Crippen LogP contribution < -0.4 is 5.73 Å². The number of nitrogens with two attached hydrogens (primary N) is 1. The van der Waals surface area contributed by atoms with Crippen LogP contribution in [0.25, 0.3) is 0 Å². The first kappa shape index (κ1) is 10.0. The van der Waals surface area contributed by atoms with Crippen LogP contribution in [0, 0.1) is 0 Å². The van der Waals surface area contributed by atoms with Crippen LogP contribution in [0.2, 0.25) is 0 Å². The number of primary amides is 1. The lowest BCUT2D eigenvalue weighted by Gasteiger charge is -2.21. The van der Waals surface area contributed by atoms with Crippen LogP contribution in [0.5, 0.6) is 0 Å². The van der Waals surface area contributed by atoms with Gasteiger partial charge in [0.25, 0.3) is 0 Å². The van der Waals surface area contributed by atoms with E-state index in [1.807, 2.05) is 0 Å². The van der Waals surface area contributed by atoms with Crippen molar-refractivity contribution in [3.63, 3.8) is 0 Å². The summed E-state index contributed by atoms with van der Waals surface area (Å²) >= 11 is 0. The Morgan fingerprint density at radius 2 is 1.85 bits per heavy atom. The number of rotatable bonds is 3. The number of ether oxygens (including phenoxy) is 1. The van der Waals surface area contributed by atoms with Gasteiger partial charge in [-0.1, -0.05) is 6.42 Å². The summed E-state index contributed by atoms with van der Waals surface area (Å²) in [6.07, 6.45) is 4.99. The van der Waals surface area contributed by atoms with E-state index >= 15 is 0 Å². The van der Waals surface area contributed by atoms with Crippen LogP contribution in [0.1, 0.15) is 38.5 Å². The second-order valence-corrected chi connectivity index (χ2v) is 3.39. The van der Waals surface area contributed by atoms with Crippen LogP contribution in [-0.4, -0.2) is 18.0 Å². The maximum Gasteiger partial charge on any atom is 0.315 e. The van der Waals surface area contributed by atoms with Crippen LogP contribution >= 0.6 is 0 Å². The standard InChI is InChI=1S/C9H15NO3/c10-8(11)6-9(12)13-7-4-2-1-3-5-7/h7H,1-6H2,(H2,10,11). The van der Waals surface area contributed by atoms with Gasteiger partial charge in [-0.05, 0) is 25.7 Å². The van der Waals surface area contributed by atoms with Crippen molar-refractivity contribution in [2.75, 3.05) is 0 Å². The van der Waals surface area contributed by atoms with Crippen LogP contribution in [-0.2, 0) is 14.3 Å². The summed E-state index contributed by atoms with van der Waals surface area (Å²) in [5.74, 6) is -1.11. The molecule has 0 aromatic heterocycles. The predicted octanol–water partition coefficient (Wildman–Crippen LogP) is 0.738. The lowest BCUT2D eigenvalue weighted by Crippen LogP contribution is -2.24. The molecule has 1 fully saturated rings. The van der Waals surface area contributed by atoms with Crippen molar-refractivity contribution in [1.29, 1.82) is 0 Å². The van der Waals surface area contributed by atoms with Gasteiger partial charge in [0.05, 0.1) is 0 Å². The Morgan fingerprint density at radius 3 is 2.38 bits per heavy atom. The molecule has 0 saturated heterocycles. The van der Waals surface area contributed by atoms with E-state index < -0.39 is 11.9 Å². The van der Waals surface area contributed by atoms with Gasteiger partial charge >= 0.3 is 5.97 Å². The summed E-state index contributed by atoms with van der Waals surface area (Å²) in [5.41, 5.74) is 4.86. The van der Waals surface area contributed by atoms with E-state index in [4.69, 9.17) is 10.5 Å². The van der Waals surface area contributed by atoms with Crippen molar-refractivity contribution in [3.05, 3.63) is 0 Å². The van der Waals surface area contributed by atoms with Crippen LogP contribution in [0.3, 0.4) is 0 Å². The molecule has 0 spiro atoms. The van der Waals surface area contributed by atoms with Gasteiger partial charge in [-0.3, -0.25) is 9.59 Å². The van der Waals surface area contributed by atoms with Gasteiger partial charge < -0.3 is 10.5 Å². The maximum atomic E-state index is 11.0. The monoisotopic (exact) mass is 185 g/mol. The van der Waals surface area contributed by atoms with E-state index in [0.717, 1.165) is 25.7 Å². The van der Waals surface area contributed by atoms with Gasteiger partial charge in [-0.25, -0.2) is 0 Å². The molecule has 4 nitrogen and oxygen atoms in total. The number of esters is 1. The van der Waals surface area contributed by atoms with E-state index in [-0.39, 0.29) is 12.5 Å². The molecule has 13 heavy (non-hydrogen) atoms. The van der Waals surface area contributed by atoms with Gasteiger partial charge in [0.1, 0.15) is 12.5 Å². The summed E-state index contributed by atoms with van der Waals surface area (Å²) in [5, 5.41) is 0. The van der Waals surface area contributed by atoms with Gasteiger partial charge in [0.2, 0.25) is 5.91 Å². The number of carbonyl (C=O) groups excluding carboxylic acids is 2. The third-order valence-electron chi connectivity index (χ3n) is 2.17. The third kappa shape index (κ3) is 3.92. The Labute approximate surface area is 77.4 Å². The second-order valence-electron chi connectivity index (χ2n) is 3.39. The summed E-state index contributed by atoms with van der Waals surface area (Å²) in [7, 11) is 0. The first-order chi connectivity index (χ1) is 6.18. The smallest absolute Gasteiger partial charge is 0.315 e. The molecule has 1 amide bonds. The predicted molar refractivity (Wildman–Crippen MR) is 46.8 cm³/mol. The zero-order valence-corrected chi connectivity index (χ0v) is 7.62. The molecular weight excluding hydrogens is 170 g/mol. The summed E-state index contributed by atoms with van der Waals surface area (Å²) in [6.45, 7) is 0. The molecule has 0 heterocycles. The fraction of sp³-hybridized carbons (Fsp3) is 0.778. The molecule has 0 aromatic rings. The molecule has 0 bridgehead atoms. The summed E-state index contributed by atoms with van der Waals surface area (Å²) in [4.78, 5) is 21.4. The SMILES string of the molecule is NC(=O)CC(=O)OC1CCCCC1. The molecule has 0 unspecified atom stereocenters. The Bertz CT molecular complexity index is 197. The number of carbonyl (C=O) groups is 2. The van der Waals surface area contributed by atoms with Crippen LogP contribution in [0.4, 0.5) is 0 Å². The van der Waals surface area contributed by atoms with E-state index in [1.54, 1.807) is 0 Å². The topological polar surface area (TPSA) is 69.4 Å². The average molecular weight is 185 g/mol. The molecule has 0 radical (unpaired) electrons. The highest BCUT2D eigenvalue weighted by Gasteiger charge is 2.18. The minimum atomic E-state index is -0.624. The van der Waals surface area contributed by atoms with Gasteiger partial charge in [0, 0.05) is 0 Å². The molecule has 1 aliphatic carbocycles. The first-order valence-corrected chi connectivity index (χ1v) is 4.66. The van der Waals surface area contributed by atoms with Gasteiger partial charge in [-0.15, -0.1) is 0 Å². The highest BCUT2D eigenvalue weighted by molar-refractivity contribution is 5.93. The van der Waals surface area contributed by atoms with Gasteiger partial charge in [-0.2, -0.15) is 0 Å². The maximum absolute atomic E-state index is 11.0. The molecule has 1 rings (SSSR count). The largest absolute Gasteiger partial charge is 0.462 e. The molecule has 0 atom stereocenters. The fourth-order valence-corrected chi connectivity index (χ4v) is 1.55. The lowest BCUT2D eigenvalue weighted by molar-refractivity contribution is -0.152. The quantitative estimate of drug-likeness (QED) is 0.520. The molecule has 2 N–H and O–H groups in total. The molecule has 1 aliphatic rings. The zero-order valence-electron chi connectivity index (χ0n) is 7.62. The highest BCUT2D eigenvalue weighted by Crippen LogP contribution is 2.20.